The summed E-state index contributed by atoms with van der Waals surface area (Å²) in [5.74, 6) is 0. The van der Waals surface area contributed by atoms with Crippen LogP contribution in [0.15, 0.2) is 30.3 Å². The lowest BCUT2D eigenvalue weighted by Gasteiger charge is -2.37. The predicted octanol–water partition coefficient (Wildman–Crippen LogP) is 4.19. The summed E-state index contributed by atoms with van der Waals surface area (Å²) >= 11 is 5.65. The maximum absolute atomic E-state index is 5.65. The van der Waals surface area contributed by atoms with Crippen molar-refractivity contribution < 1.29 is 0 Å². The number of rotatable bonds is 1. The van der Waals surface area contributed by atoms with E-state index in [-0.39, 0.29) is 0 Å². The molecule has 1 N–H and O–H groups in total. The second kappa shape index (κ2) is 5.76. The predicted molar refractivity (Wildman–Crippen MR) is 96.4 cm³/mol. The van der Waals surface area contributed by atoms with E-state index in [1.54, 1.807) is 0 Å². The molecule has 116 valence electrons. The van der Waals surface area contributed by atoms with Gasteiger partial charge in [-0.05, 0) is 75.3 Å². The molecule has 0 spiro atoms. The van der Waals surface area contributed by atoms with Gasteiger partial charge in [0.1, 0.15) is 0 Å². The van der Waals surface area contributed by atoms with Crippen molar-refractivity contribution in [1.82, 2.24) is 9.47 Å². The standard InChI is InChI=1S/C18H23N3S/c1-12-5-7-16(11-13(12)2)19-18(22)21-10-9-20-14(3)6-8-17(20)15(21)4/h5-8,11,15H,9-10H2,1-4H3,(H,19,22)/t15-/m0/s1. The van der Waals surface area contributed by atoms with Gasteiger partial charge in [-0.15, -0.1) is 0 Å². The monoisotopic (exact) mass is 313 g/mol. The Kier molecular flexibility index (Phi) is 3.96. The molecule has 4 heteroatoms. The molecule has 1 aliphatic rings. The smallest absolute Gasteiger partial charge is 0.174 e. The van der Waals surface area contributed by atoms with Crippen LogP contribution in [0.2, 0.25) is 0 Å². The topological polar surface area (TPSA) is 20.2 Å². The number of anilines is 1. The van der Waals surface area contributed by atoms with Gasteiger partial charge < -0.3 is 14.8 Å². The van der Waals surface area contributed by atoms with Gasteiger partial charge in [-0.3, -0.25) is 0 Å². The highest BCUT2D eigenvalue weighted by Crippen LogP contribution is 2.28. The van der Waals surface area contributed by atoms with Crippen molar-refractivity contribution in [2.45, 2.75) is 40.3 Å². The number of aryl methyl sites for hydroxylation is 3. The molecule has 0 saturated heterocycles. The summed E-state index contributed by atoms with van der Waals surface area (Å²) in [6.45, 7) is 10.6. The SMILES string of the molecule is Cc1ccc(NC(=S)N2CCn3c(C)ccc3[C@@H]2C)cc1C. The zero-order valence-electron chi connectivity index (χ0n) is 13.7. The van der Waals surface area contributed by atoms with E-state index in [1.165, 1.54) is 22.5 Å². The maximum Gasteiger partial charge on any atom is 0.174 e. The highest BCUT2D eigenvalue weighted by atomic mass is 32.1. The second-order valence-corrected chi connectivity index (χ2v) is 6.54. The molecule has 22 heavy (non-hydrogen) atoms. The first-order valence-electron chi connectivity index (χ1n) is 7.78. The molecule has 3 rings (SSSR count). The normalized spacial score (nSPS) is 17.3. The van der Waals surface area contributed by atoms with Gasteiger partial charge in [0.15, 0.2) is 5.11 Å². The molecule has 0 bridgehead atoms. The average Bonchev–Trinajstić information content (AvgIpc) is 2.86. The van der Waals surface area contributed by atoms with Crippen molar-refractivity contribution in [2.24, 2.45) is 0 Å². The molecular formula is C18H23N3S. The summed E-state index contributed by atoms with van der Waals surface area (Å²) in [7, 11) is 0. The Morgan fingerprint density at radius 1 is 1.09 bits per heavy atom. The van der Waals surface area contributed by atoms with Crippen molar-refractivity contribution >= 4 is 23.0 Å². The Bertz CT molecular complexity index is 717. The quantitative estimate of drug-likeness (QED) is 0.797. The molecule has 1 aromatic carbocycles. The molecule has 2 heterocycles. The Balaban J connectivity index is 1.77. The minimum atomic E-state index is 0.300. The molecule has 3 nitrogen and oxygen atoms in total. The zero-order valence-corrected chi connectivity index (χ0v) is 14.5. The number of hydrogen-bond donors (Lipinski definition) is 1. The molecule has 0 aliphatic carbocycles. The lowest BCUT2D eigenvalue weighted by molar-refractivity contribution is 0.274. The van der Waals surface area contributed by atoms with Crippen molar-refractivity contribution in [2.75, 3.05) is 11.9 Å². The fourth-order valence-corrected chi connectivity index (χ4v) is 3.48. The second-order valence-electron chi connectivity index (χ2n) is 6.15. The van der Waals surface area contributed by atoms with Crippen molar-refractivity contribution in [3.05, 3.63) is 52.8 Å². The van der Waals surface area contributed by atoms with E-state index in [1.807, 2.05) is 0 Å². The van der Waals surface area contributed by atoms with E-state index in [0.29, 0.717) is 6.04 Å². The number of hydrogen-bond acceptors (Lipinski definition) is 1. The molecule has 0 fully saturated rings. The maximum atomic E-state index is 5.65. The minimum absolute atomic E-state index is 0.300. The Morgan fingerprint density at radius 2 is 1.86 bits per heavy atom. The third-order valence-electron chi connectivity index (χ3n) is 4.71. The van der Waals surface area contributed by atoms with E-state index in [0.717, 1.165) is 23.9 Å². The van der Waals surface area contributed by atoms with Gasteiger partial charge in [-0.2, -0.15) is 0 Å². The first-order chi connectivity index (χ1) is 10.5. The van der Waals surface area contributed by atoms with Crippen LogP contribution in [0.4, 0.5) is 5.69 Å². The third kappa shape index (κ3) is 2.63. The summed E-state index contributed by atoms with van der Waals surface area (Å²) in [5, 5.41) is 4.20. The van der Waals surface area contributed by atoms with Crippen LogP contribution in [0.1, 0.15) is 35.5 Å². The van der Waals surface area contributed by atoms with Gasteiger partial charge in [0.2, 0.25) is 0 Å². The first kappa shape index (κ1) is 15.1. The van der Waals surface area contributed by atoms with Crippen LogP contribution >= 0.6 is 12.2 Å². The largest absolute Gasteiger partial charge is 0.345 e. The fourth-order valence-electron chi connectivity index (χ4n) is 3.11. The van der Waals surface area contributed by atoms with Gasteiger partial charge in [0.25, 0.3) is 0 Å². The van der Waals surface area contributed by atoms with Gasteiger partial charge in [-0.1, -0.05) is 6.07 Å². The summed E-state index contributed by atoms with van der Waals surface area (Å²) in [4.78, 5) is 2.28. The van der Waals surface area contributed by atoms with Crippen molar-refractivity contribution in [3.8, 4) is 0 Å². The molecule has 2 aromatic rings. The molecule has 0 saturated carbocycles. The molecule has 1 atom stereocenters. The van der Waals surface area contributed by atoms with E-state index in [2.05, 4.69) is 72.8 Å². The summed E-state index contributed by atoms with van der Waals surface area (Å²) < 4.78 is 2.39. The molecule has 0 amide bonds. The summed E-state index contributed by atoms with van der Waals surface area (Å²) in [6.07, 6.45) is 0. The van der Waals surface area contributed by atoms with Crippen LogP contribution in [-0.4, -0.2) is 21.1 Å². The van der Waals surface area contributed by atoms with Crippen LogP contribution in [-0.2, 0) is 6.54 Å². The average molecular weight is 313 g/mol. The number of aromatic nitrogens is 1. The minimum Gasteiger partial charge on any atom is -0.345 e. The van der Waals surface area contributed by atoms with Crippen LogP contribution in [0.5, 0.6) is 0 Å². The number of nitrogens with one attached hydrogen (secondary N) is 1. The number of benzene rings is 1. The number of thiocarbonyl (C=S) groups is 1. The van der Waals surface area contributed by atoms with E-state index in [4.69, 9.17) is 12.2 Å². The molecule has 0 unspecified atom stereocenters. The Morgan fingerprint density at radius 3 is 2.59 bits per heavy atom. The fraction of sp³-hybridized carbons (Fsp3) is 0.389. The third-order valence-corrected chi connectivity index (χ3v) is 5.05. The van der Waals surface area contributed by atoms with Gasteiger partial charge >= 0.3 is 0 Å². The number of nitrogens with zero attached hydrogens (tertiary/aromatic N) is 2. The van der Waals surface area contributed by atoms with E-state index >= 15 is 0 Å². The molecule has 0 radical (unpaired) electrons. The highest BCUT2D eigenvalue weighted by Gasteiger charge is 2.26. The van der Waals surface area contributed by atoms with Crippen LogP contribution < -0.4 is 5.32 Å². The van der Waals surface area contributed by atoms with Crippen molar-refractivity contribution in [1.29, 1.82) is 0 Å². The van der Waals surface area contributed by atoms with E-state index in [9.17, 15) is 0 Å². The number of fused-ring (bicyclic) bond motifs is 1. The molecular weight excluding hydrogens is 290 g/mol. The van der Waals surface area contributed by atoms with Crippen LogP contribution in [0, 0.1) is 20.8 Å². The van der Waals surface area contributed by atoms with Gasteiger partial charge in [-0.25, -0.2) is 0 Å². The molecule has 1 aromatic heterocycles. The van der Waals surface area contributed by atoms with Gasteiger partial charge in [0.05, 0.1) is 6.04 Å². The van der Waals surface area contributed by atoms with Crippen LogP contribution in [0.3, 0.4) is 0 Å². The Hall–Kier alpha value is -1.81. The highest BCUT2D eigenvalue weighted by molar-refractivity contribution is 7.80. The first-order valence-corrected chi connectivity index (χ1v) is 8.19. The summed E-state index contributed by atoms with van der Waals surface area (Å²) in [6, 6.07) is 11.1. The summed E-state index contributed by atoms with van der Waals surface area (Å²) in [5.41, 5.74) is 6.32. The van der Waals surface area contributed by atoms with E-state index < -0.39 is 0 Å². The Labute approximate surface area is 137 Å². The molecule has 1 aliphatic heterocycles. The van der Waals surface area contributed by atoms with Crippen LogP contribution in [0.25, 0.3) is 0 Å². The zero-order chi connectivity index (χ0) is 15.9. The lowest BCUT2D eigenvalue weighted by atomic mass is 10.1. The van der Waals surface area contributed by atoms with Crippen molar-refractivity contribution in [3.63, 3.8) is 0 Å². The van der Waals surface area contributed by atoms with Gasteiger partial charge in [0, 0.05) is 30.2 Å². The lowest BCUT2D eigenvalue weighted by Crippen LogP contribution is -2.43.